The molecule has 2 atom stereocenters. The molecular weight excluding hydrogens is 387 g/mol. The third-order valence-corrected chi connectivity index (χ3v) is 5.81. The van der Waals surface area contributed by atoms with Gasteiger partial charge in [-0.05, 0) is 36.2 Å². The highest BCUT2D eigenvalue weighted by Gasteiger charge is 2.39. The molecule has 6 nitrogen and oxygen atoms in total. The molecule has 0 spiro atoms. The number of allylic oxidation sites excluding steroid dienone is 2. The van der Waals surface area contributed by atoms with Crippen LogP contribution in [0.3, 0.4) is 0 Å². The standard InChI is InChI=1S/C19H14Cl2N4O2/c20-12-4-3-10(6-13(12)21)18-17-14(24-19-22-9-23-25(18)19)7-11(8-15(17)26)16-2-1-5-27-16/h1-6,9,11,18H,7-8H2,(H,22,23,24). The molecule has 0 saturated carbocycles. The maximum Gasteiger partial charge on any atom is 0.226 e. The fraction of sp³-hybridized carbons (Fsp3) is 0.211. The van der Waals surface area contributed by atoms with Crippen molar-refractivity contribution in [2.24, 2.45) is 0 Å². The number of furan rings is 1. The quantitative estimate of drug-likeness (QED) is 0.680. The molecule has 1 aliphatic carbocycles. The Morgan fingerprint density at radius 3 is 2.85 bits per heavy atom. The van der Waals surface area contributed by atoms with Crippen molar-refractivity contribution in [1.29, 1.82) is 0 Å². The highest BCUT2D eigenvalue weighted by atomic mass is 35.5. The number of rotatable bonds is 2. The van der Waals surface area contributed by atoms with E-state index in [9.17, 15) is 4.79 Å². The Bertz CT molecular complexity index is 1070. The van der Waals surface area contributed by atoms with E-state index >= 15 is 0 Å². The molecular formula is C19H14Cl2N4O2. The fourth-order valence-electron chi connectivity index (χ4n) is 3.87. The summed E-state index contributed by atoms with van der Waals surface area (Å²) < 4.78 is 7.24. The zero-order valence-corrected chi connectivity index (χ0v) is 15.5. The predicted octanol–water partition coefficient (Wildman–Crippen LogP) is 4.59. The van der Waals surface area contributed by atoms with E-state index in [2.05, 4.69) is 15.4 Å². The number of aromatic nitrogens is 3. The SMILES string of the molecule is O=C1CC(c2ccco2)CC2=C1C(c1ccc(Cl)c(Cl)c1)n1ncnc1N2. The van der Waals surface area contributed by atoms with Crippen molar-refractivity contribution >= 4 is 34.9 Å². The molecule has 0 fully saturated rings. The monoisotopic (exact) mass is 400 g/mol. The van der Waals surface area contributed by atoms with Crippen LogP contribution in [0.15, 0.2) is 58.6 Å². The molecule has 0 radical (unpaired) electrons. The molecule has 1 aliphatic heterocycles. The Labute approximate surface area is 164 Å². The van der Waals surface area contributed by atoms with Gasteiger partial charge in [0.25, 0.3) is 0 Å². The van der Waals surface area contributed by atoms with Gasteiger partial charge in [0.2, 0.25) is 5.95 Å². The molecule has 5 rings (SSSR count). The normalized spacial score (nSPS) is 21.6. The molecule has 2 aromatic heterocycles. The first-order valence-electron chi connectivity index (χ1n) is 8.53. The Balaban J connectivity index is 1.63. The first-order chi connectivity index (χ1) is 13.1. The Morgan fingerprint density at radius 2 is 2.07 bits per heavy atom. The lowest BCUT2D eigenvalue weighted by atomic mass is 9.79. The maximum atomic E-state index is 13.1. The minimum atomic E-state index is -0.390. The lowest BCUT2D eigenvalue weighted by Crippen LogP contribution is -2.33. The van der Waals surface area contributed by atoms with Crippen LogP contribution in [0, 0.1) is 0 Å². The average molecular weight is 401 g/mol. The largest absolute Gasteiger partial charge is 0.469 e. The molecule has 136 valence electrons. The first kappa shape index (κ1) is 16.6. The van der Waals surface area contributed by atoms with E-state index in [1.807, 2.05) is 18.2 Å². The zero-order chi connectivity index (χ0) is 18.5. The number of halogens is 2. The second kappa shape index (κ2) is 6.25. The average Bonchev–Trinajstić information content (AvgIpc) is 3.33. The van der Waals surface area contributed by atoms with Crippen LogP contribution in [0.4, 0.5) is 5.95 Å². The number of benzene rings is 1. The molecule has 3 heterocycles. The number of anilines is 1. The predicted molar refractivity (Wildman–Crippen MR) is 101 cm³/mol. The van der Waals surface area contributed by atoms with Crippen LogP contribution in [0.25, 0.3) is 0 Å². The second-order valence-electron chi connectivity index (χ2n) is 6.67. The number of Topliss-reactive ketones (excluding diaryl/α,β-unsaturated/α-hetero) is 1. The minimum Gasteiger partial charge on any atom is -0.469 e. The summed E-state index contributed by atoms with van der Waals surface area (Å²) in [6.45, 7) is 0. The summed E-state index contributed by atoms with van der Waals surface area (Å²) in [5.74, 6) is 1.47. The van der Waals surface area contributed by atoms with Gasteiger partial charge in [-0.15, -0.1) is 0 Å². The molecule has 1 aromatic carbocycles. The number of nitrogens with zero attached hydrogens (tertiary/aromatic N) is 3. The topological polar surface area (TPSA) is 73.0 Å². The van der Waals surface area contributed by atoms with Gasteiger partial charge < -0.3 is 9.73 Å². The van der Waals surface area contributed by atoms with Crippen LogP contribution in [0.1, 0.15) is 36.1 Å². The van der Waals surface area contributed by atoms with E-state index in [1.54, 1.807) is 23.1 Å². The third kappa shape index (κ3) is 2.67. The van der Waals surface area contributed by atoms with E-state index in [0.717, 1.165) is 17.0 Å². The van der Waals surface area contributed by atoms with Crippen LogP contribution in [-0.2, 0) is 4.79 Å². The number of fused-ring (bicyclic) bond motifs is 1. The lowest BCUT2D eigenvalue weighted by Gasteiger charge is -2.34. The molecule has 2 unspecified atom stereocenters. The van der Waals surface area contributed by atoms with Gasteiger partial charge in [0.1, 0.15) is 18.1 Å². The van der Waals surface area contributed by atoms with Crippen molar-refractivity contribution < 1.29 is 9.21 Å². The van der Waals surface area contributed by atoms with Crippen LogP contribution >= 0.6 is 23.2 Å². The smallest absolute Gasteiger partial charge is 0.226 e. The van der Waals surface area contributed by atoms with Gasteiger partial charge in [-0.1, -0.05) is 29.3 Å². The third-order valence-electron chi connectivity index (χ3n) is 5.07. The molecule has 8 heteroatoms. The van der Waals surface area contributed by atoms with Gasteiger partial charge >= 0.3 is 0 Å². The van der Waals surface area contributed by atoms with Crippen molar-refractivity contribution in [3.8, 4) is 0 Å². The van der Waals surface area contributed by atoms with Crippen molar-refractivity contribution in [3.63, 3.8) is 0 Å². The van der Waals surface area contributed by atoms with E-state index in [0.29, 0.717) is 34.4 Å². The van der Waals surface area contributed by atoms with E-state index in [4.69, 9.17) is 27.6 Å². The molecule has 0 saturated heterocycles. The maximum absolute atomic E-state index is 13.1. The minimum absolute atomic E-state index is 0.00248. The van der Waals surface area contributed by atoms with Gasteiger partial charge in [0.15, 0.2) is 5.78 Å². The van der Waals surface area contributed by atoms with E-state index in [-0.39, 0.29) is 11.7 Å². The summed E-state index contributed by atoms with van der Waals surface area (Å²) in [6, 6.07) is 8.74. The highest BCUT2D eigenvalue weighted by molar-refractivity contribution is 6.42. The fourth-order valence-corrected chi connectivity index (χ4v) is 4.17. The summed E-state index contributed by atoms with van der Waals surface area (Å²) in [4.78, 5) is 17.4. The molecule has 2 aliphatic rings. The number of hydrogen-bond donors (Lipinski definition) is 1. The summed E-state index contributed by atoms with van der Waals surface area (Å²) in [5.41, 5.74) is 2.38. The van der Waals surface area contributed by atoms with Crippen LogP contribution in [-0.4, -0.2) is 20.5 Å². The molecule has 3 aromatic rings. The molecule has 0 bridgehead atoms. The highest BCUT2D eigenvalue weighted by Crippen LogP contribution is 2.44. The Kier molecular flexibility index (Phi) is 3.84. The number of carbonyl (C=O) groups excluding carboxylic acids is 1. The van der Waals surface area contributed by atoms with Crippen LogP contribution < -0.4 is 5.32 Å². The summed E-state index contributed by atoms with van der Waals surface area (Å²) in [6.07, 6.45) is 4.15. The van der Waals surface area contributed by atoms with E-state index < -0.39 is 6.04 Å². The van der Waals surface area contributed by atoms with E-state index in [1.165, 1.54) is 6.33 Å². The Morgan fingerprint density at radius 1 is 1.19 bits per heavy atom. The van der Waals surface area contributed by atoms with Gasteiger partial charge in [0.05, 0.1) is 16.3 Å². The molecule has 0 amide bonds. The summed E-state index contributed by atoms with van der Waals surface area (Å²) in [5, 5.41) is 8.50. The number of ketones is 1. The van der Waals surface area contributed by atoms with Gasteiger partial charge in [-0.25, -0.2) is 4.68 Å². The van der Waals surface area contributed by atoms with Crippen LogP contribution in [0.5, 0.6) is 0 Å². The second-order valence-corrected chi connectivity index (χ2v) is 7.48. The van der Waals surface area contributed by atoms with Gasteiger partial charge in [-0.3, -0.25) is 4.79 Å². The number of nitrogens with one attached hydrogen (secondary N) is 1. The van der Waals surface area contributed by atoms with Crippen molar-refractivity contribution in [3.05, 3.63) is 75.6 Å². The zero-order valence-electron chi connectivity index (χ0n) is 14.0. The van der Waals surface area contributed by atoms with Crippen molar-refractivity contribution in [1.82, 2.24) is 14.8 Å². The Hall–Kier alpha value is -2.57. The van der Waals surface area contributed by atoms with Gasteiger partial charge in [0, 0.05) is 23.6 Å². The first-order valence-corrected chi connectivity index (χ1v) is 9.28. The lowest BCUT2D eigenvalue weighted by molar-refractivity contribution is -0.117. The number of carbonyl (C=O) groups is 1. The number of hydrogen-bond acceptors (Lipinski definition) is 5. The van der Waals surface area contributed by atoms with Crippen molar-refractivity contribution in [2.45, 2.75) is 24.8 Å². The molecule has 27 heavy (non-hydrogen) atoms. The summed E-state index contributed by atoms with van der Waals surface area (Å²) in [7, 11) is 0. The summed E-state index contributed by atoms with van der Waals surface area (Å²) >= 11 is 12.3. The van der Waals surface area contributed by atoms with Gasteiger partial charge in [-0.2, -0.15) is 10.1 Å². The van der Waals surface area contributed by atoms with Crippen LogP contribution in [0.2, 0.25) is 10.0 Å². The molecule has 1 N–H and O–H groups in total. The van der Waals surface area contributed by atoms with Crippen molar-refractivity contribution in [2.75, 3.05) is 5.32 Å².